The van der Waals surface area contributed by atoms with Crippen molar-refractivity contribution in [3.8, 4) is 6.07 Å². The summed E-state index contributed by atoms with van der Waals surface area (Å²) in [5.41, 5.74) is -0.880. The van der Waals surface area contributed by atoms with Crippen molar-refractivity contribution in [1.29, 1.82) is 5.26 Å². The van der Waals surface area contributed by atoms with Crippen LogP contribution in [0.5, 0.6) is 0 Å². The lowest BCUT2D eigenvalue weighted by atomic mass is 9.98. The second kappa shape index (κ2) is 8.91. The number of amidine groups is 1. The largest absolute Gasteiger partial charge is 0.448 e. The number of aromatic nitrogens is 2. The van der Waals surface area contributed by atoms with Gasteiger partial charge in [-0.3, -0.25) is 9.59 Å². The van der Waals surface area contributed by atoms with Gasteiger partial charge < -0.3 is 20.3 Å². The number of rotatable bonds is 6. The number of nitriles is 1. The van der Waals surface area contributed by atoms with Gasteiger partial charge in [-0.2, -0.15) is 23.5 Å². The summed E-state index contributed by atoms with van der Waals surface area (Å²) in [5, 5.41) is 19.3. The number of pyridine rings is 1. The van der Waals surface area contributed by atoms with Gasteiger partial charge in [-0.05, 0) is 65.1 Å². The van der Waals surface area contributed by atoms with Gasteiger partial charge in [-0.25, -0.2) is 9.51 Å². The number of alkyl halides is 3. The third-order valence-electron chi connectivity index (χ3n) is 8.59. The highest BCUT2D eigenvalue weighted by Gasteiger charge is 2.70. The SMILES string of the molecule is CC1(C)[C@@H]2[C@@H](C(=O)NC(C#N)c3cnn4cccc(Br)c34)N(C(=O)[C@H]3N=C(C(F)(F)F)N[C@]3(C)OC3CC3)C[C@@H]21. The summed E-state index contributed by atoms with van der Waals surface area (Å²) >= 11 is 3.46. The van der Waals surface area contributed by atoms with E-state index in [-0.39, 0.29) is 29.9 Å². The van der Waals surface area contributed by atoms with Crippen molar-refractivity contribution in [2.24, 2.45) is 22.2 Å². The van der Waals surface area contributed by atoms with Crippen molar-refractivity contribution in [1.82, 2.24) is 25.1 Å². The van der Waals surface area contributed by atoms with Crippen LogP contribution >= 0.6 is 15.9 Å². The molecule has 40 heavy (non-hydrogen) atoms. The summed E-state index contributed by atoms with van der Waals surface area (Å²) in [7, 11) is 0. The number of halogens is 4. The van der Waals surface area contributed by atoms with E-state index in [1.165, 1.54) is 18.0 Å². The Kier molecular flexibility index (Phi) is 6.02. The molecule has 2 aromatic rings. The van der Waals surface area contributed by atoms with Crippen LogP contribution in [0.1, 0.15) is 45.2 Å². The molecule has 2 aromatic heterocycles. The second-order valence-electron chi connectivity index (χ2n) is 11.6. The summed E-state index contributed by atoms with van der Waals surface area (Å²) < 4.78 is 49.0. The monoisotopic (exact) mass is 621 g/mol. The highest BCUT2D eigenvalue weighted by atomic mass is 79.9. The van der Waals surface area contributed by atoms with Crippen molar-refractivity contribution in [3.05, 3.63) is 34.6 Å². The third-order valence-corrected chi connectivity index (χ3v) is 9.23. The van der Waals surface area contributed by atoms with Gasteiger partial charge in [0.25, 0.3) is 5.91 Å². The Hall–Kier alpha value is -3.18. The molecule has 212 valence electrons. The first kappa shape index (κ1) is 27.0. The molecule has 0 aromatic carbocycles. The molecule has 14 heteroatoms. The van der Waals surface area contributed by atoms with Gasteiger partial charge in [0.1, 0.15) is 12.1 Å². The average Bonchev–Trinajstić information content (AvgIpc) is 3.52. The molecule has 2 amide bonds. The number of hydrogen-bond acceptors (Lipinski definition) is 7. The molecule has 1 unspecified atom stereocenters. The Morgan fingerprint density at radius 2 is 2.05 bits per heavy atom. The number of nitrogens with one attached hydrogen (secondary N) is 2. The van der Waals surface area contributed by atoms with Crippen LogP contribution in [0.15, 0.2) is 34.0 Å². The molecule has 2 aliphatic heterocycles. The lowest BCUT2D eigenvalue weighted by Gasteiger charge is -2.36. The van der Waals surface area contributed by atoms with Crippen LogP contribution < -0.4 is 10.6 Å². The molecule has 6 atom stereocenters. The Morgan fingerprint density at radius 3 is 2.70 bits per heavy atom. The van der Waals surface area contributed by atoms with Gasteiger partial charge >= 0.3 is 6.18 Å². The molecule has 4 aliphatic rings. The van der Waals surface area contributed by atoms with Gasteiger partial charge in [0, 0.05) is 22.8 Å². The Labute approximate surface area is 236 Å². The molecule has 6 rings (SSSR count). The smallest absolute Gasteiger partial charge is 0.350 e. The zero-order valence-corrected chi connectivity index (χ0v) is 23.5. The molecule has 0 spiro atoms. The maximum absolute atomic E-state index is 13.9. The highest BCUT2D eigenvalue weighted by molar-refractivity contribution is 9.10. The molecule has 3 fully saturated rings. The number of amides is 2. The summed E-state index contributed by atoms with van der Waals surface area (Å²) in [6.07, 6.45) is -0.488. The standard InChI is InChI=1S/C26H27BrF3N7O3/c1-24(2)14-11-36(22(39)20-25(3,40-12-6-7-12)35-23(34-20)26(28,29)30)19(17(14)24)21(38)33-16(9-31)13-10-32-37-8-4-5-15(27)18(13)37/h4-5,8,10,12,14,16-17,19-20H,6-7,11H2,1-3H3,(H,33,38)(H,34,35)/t14-,16?,17-,19-,20+,25+/m0/s1. The van der Waals surface area contributed by atoms with Crippen LogP contribution in [0.4, 0.5) is 13.2 Å². The van der Waals surface area contributed by atoms with Gasteiger partial charge in [0.05, 0.1) is 23.9 Å². The maximum atomic E-state index is 13.9. The van der Waals surface area contributed by atoms with E-state index in [4.69, 9.17) is 4.74 Å². The van der Waals surface area contributed by atoms with Crippen LogP contribution in [0, 0.1) is 28.6 Å². The van der Waals surface area contributed by atoms with Crippen molar-refractivity contribution in [2.45, 2.75) is 69.7 Å². The topological polar surface area (TPSA) is 124 Å². The first-order valence-corrected chi connectivity index (χ1v) is 13.8. The van der Waals surface area contributed by atoms with Crippen molar-refractivity contribution in [2.75, 3.05) is 6.54 Å². The molecule has 2 aliphatic carbocycles. The van der Waals surface area contributed by atoms with Gasteiger partial charge in [-0.15, -0.1) is 0 Å². The number of carbonyl (C=O) groups is 2. The fraction of sp³-hybridized carbons (Fsp3) is 0.577. The summed E-state index contributed by atoms with van der Waals surface area (Å²) in [6, 6.07) is 2.08. The summed E-state index contributed by atoms with van der Waals surface area (Å²) in [4.78, 5) is 32.8. The number of likely N-dealkylation sites (tertiary alicyclic amines) is 1. The molecule has 1 saturated heterocycles. The fourth-order valence-electron chi connectivity index (χ4n) is 6.26. The minimum atomic E-state index is -4.79. The number of nitrogens with zero attached hydrogens (tertiary/aromatic N) is 5. The van der Waals surface area contributed by atoms with E-state index in [0.29, 0.717) is 28.4 Å². The number of piperidine rings is 1. The van der Waals surface area contributed by atoms with E-state index >= 15 is 0 Å². The highest BCUT2D eigenvalue weighted by Crippen LogP contribution is 2.65. The molecule has 4 heterocycles. The summed E-state index contributed by atoms with van der Waals surface area (Å²) in [5.74, 6) is -2.79. The normalized spacial score (nSPS) is 31.2. The minimum Gasteiger partial charge on any atom is -0.350 e. The maximum Gasteiger partial charge on any atom is 0.448 e. The Bertz CT molecular complexity index is 1480. The fourth-order valence-corrected chi connectivity index (χ4v) is 6.82. The minimum absolute atomic E-state index is 0.0186. The quantitative estimate of drug-likeness (QED) is 0.511. The van der Waals surface area contributed by atoms with Crippen LogP contribution in [0.3, 0.4) is 0 Å². The lowest BCUT2D eigenvalue weighted by molar-refractivity contribution is -0.149. The van der Waals surface area contributed by atoms with Crippen LogP contribution in [-0.4, -0.2) is 68.8 Å². The van der Waals surface area contributed by atoms with Crippen LogP contribution in [-0.2, 0) is 14.3 Å². The van der Waals surface area contributed by atoms with Crippen molar-refractivity contribution >= 4 is 39.1 Å². The number of carbonyl (C=O) groups excluding carboxylic acids is 2. The number of hydrogen-bond donors (Lipinski definition) is 2. The lowest BCUT2D eigenvalue weighted by Crippen LogP contribution is -2.60. The number of ether oxygens (including phenoxy) is 1. The zero-order valence-electron chi connectivity index (χ0n) is 21.9. The van der Waals surface area contributed by atoms with Crippen molar-refractivity contribution < 1.29 is 27.5 Å². The molecule has 2 saturated carbocycles. The molecule has 0 radical (unpaired) electrons. The van der Waals surface area contributed by atoms with Crippen LogP contribution in [0.2, 0.25) is 0 Å². The predicted octanol–water partition coefficient (Wildman–Crippen LogP) is 3.09. The van der Waals surface area contributed by atoms with E-state index in [1.807, 2.05) is 13.8 Å². The van der Waals surface area contributed by atoms with E-state index in [2.05, 4.69) is 42.7 Å². The summed E-state index contributed by atoms with van der Waals surface area (Å²) in [6.45, 7) is 5.57. The second-order valence-corrected chi connectivity index (χ2v) is 12.5. The van der Waals surface area contributed by atoms with Gasteiger partial charge in [0.2, 0.25) is 11.7 Å². The number of fused-ring (bicyclic) bond motifs is 2. The Balaban J connectivity index is 1.29. The zero-order chi connectivity index (χ0) is 28.8. The molecule has 10 nitrogen and oxygen atoms in total. The average molecular weight is 622 g/mol. The molecular formula is C26H27BrF3N7O3. The van der Waals surface area contributed by atoms with E-state index < -0.39 is 47.7 Å². The van der Waals surface area contributed by atoms with Gasteiger partial charge in [-0.1, -0.05) is 13.8 Å². The van der Waals surface area contributed by atoms with Crippen molar-refractivity contribution in [3.63, 3.8) is 0 Å². The first-order chi connectivity index (χ1) is 18.8. The molecule has 0 bridgehead atoms. The van der Waals surface area contributed by atoms with Crippen LogP contribution in [0.25, 0.3) is 5.52 Å². The first-order valence-electron chi connectivity index (χ1n) is 13.0. The van der Waals surface area contributed by atoms with E-state index in [9.17, 15) is 28.0 Å². The van der Waals surface area contributed by atoms with E-state index in [0.717, 1.165) is 0 Å². The third kappa shape index (κ3) is 4.25. The predicted molar refractivity (Wildman–Crippen MR) is 139 cm³/mol. The van der Waals surface area contributed by atoms with Gasteiger partial charge in [0.15, 0.2) is 11.8 Å². The number of aliphatic imine (C=N–C) groups is 1. The molecular weight excluding hydrogens is 595 g/mol. The Morgan fingerprint density at radius 1 is 1.32 bits per heavy atom. The van der Waals surface area contributed by atoms with E-state index in [1.54, 1.807) is 22.8 Å². The molecule has 2 N–H and O–H groups in total.